The molecule has 0 saturated carbocycles. The summed E-state index contributed by atoms with van der Waals surface area (Å²) >= 11 is 5.81. The third-order valence-corrected chi connectivity index (χ3v) is 2.57. The van der Waals surface area contributed by atoms with Crippen LogP contribution in [-0.2, 0) is 0 Å². The minimum Gasteiger partial charge on any atom is -0.465 e. The predicted octanol–water partition coefficient (Wildman–Crippen LogP) is 4.10. The first-order valence-electron chi connectivity index (χ1n) is 5.01. The molecule has 4 heteroatoms. The van der Waals surface area contributed by atoms with Crippen molar-refractivity contribution in [2.75, 3.05) is 5.32 Å². The van der Waals surface area contributed by atoms with Gasteiger partial charge in [-0.05, 0) is 35.4 Å². The first-order valence-corrected chi connectivity index (χ1v) is 5.39. The van der Waals surface area contributed by atoms with Crippen LogP contribution in [0.2, 0.25) is 5.02 Å². The van der Waals surface area contributed by atoms with Crippen LogP contribution in [0.5, 0.6) is 0 Å². The number of halogens is 1. The zero-order valence-electron chi connectivity index (χ0n) is 8.85. The van der Waals surface area contributed by atoms with Crippen molar-refractivity contribution in [1.82, 2.24) is 0 Å². The predicted molar refractivity (Wildman–Crippen MR) is 68.5 cm³/mol. The molecule has 1 amide bonds. The van der Waals surface area contributed by atoms with Gasteiger partial charge in [0.2, 0.25) is 0 Å². The standard InChI is InChI=1S/C13H10ClNO2/c14-11-5-1-9(2-6-11)10-3-7-12(8-4-10)15-13(16)17/h1-8,15H,(H,16,17). The van der Waals surface area contributed by atoms with Gasteiger partial charge in [-0.15, -0.1) is 0 Å². The topological polar surface area (TPSA) is 49.3 Å². The van der Waals surface area contributed by atoms with Crippen molar-refractivity contribution in [2.24, 2.45) is 0 Å². The minimum atomic E-state index is -1.07. The molecule has 2 aromatic carbocycles. The Bertz CT molecular complexity index is 520. The molecule has 2 rings (SSSR count). The van der Waals surface area contributed by atoms with Crippen LogP contribution < -0.4 is 5.32 Å². The van der Waals surface area contributed by atoms with Crippen LogP contribution in [0.4, 0.5) is 10.5 Å². The Morgan fingerprint density at radius 2 is 1.41 bits per heavy atom. The molecule has 0 atom stereocenters. The average Bonchev–Trinajstić information content (AvgIpc) is 2.30. The van der Waals surface area contributed by atoms with Crippen LogP contribution >= 0.6 is 11.6 Å². The number of anilines is 1. The van der Waals surface area contributed by atoms with E-state index in [-0.39, 0.29) is 0 Å². The monoisotopic (exact) mass is 247 g/mol. The summed E-state index contributed by atoms with van der Waals surface area (Å²) in [6.07, 6.45) is -1.07. The number of amides is 1. The second-order valence-electron chi connectivity index (χ2n) is 3.51. The first-order chi connectivity index (χ1) is 8.15. The highest BCUT2D eigenvalue weighted by Crippen LogP contribution is 2.23. The third-order valence-electron chi connectivity index (χ3n) is 2.31. The van der Waals surface area contributed by atoms with Crippen LogP contribution in [0.3, 0.4) is 0 Å². The Labute approximate surface area is 104 Å². The molecule has 17 heavy (non-hydrogen) atoms. The Balaban J connectivity index is 2.23. The molecule has 3 nitrogen and oxygen atoms in total. The van der Waals surface area contributed by atoms with E-state index in [1.54, 1.807) is 12.1 Å². The van der Waals surface area contributed by atoms with Crippen molar-refractivity contribution >= 4 is 23.4 Å². The molecular weight excluding hydrogens is 238 g/mol. The lowest BCUT2D eigenvalue weighted by atomic mass is 10.1. The van der Waals surface area contributed by atoms with Crippen molar-refractivity contribution < 1.29 is 9.90 Å². The summed E-state index contributed by atoms with van der Waals surface area (Å²) in [7, 11) is 0. The van der Waals surface area contributed by atoms with Crippen LogP contribution in [0.1, 0.15) is 0 Å². The zero-order valence-corrected chi connectivity index (χ0v) is 9.61. The van der Waals surface area contributed by atoms with Crippen molar-refractivity contribution in [3.8, 4) is 11.1 Å². The molecule has 2 aromatic rings. The highest BCUT2D eigenvalue weighted by Gasteiger charge is 2.00. The summed E-state index contributed by atoms with van der Waals surface area (Å²) in [4.78, 5) is 10.4. The van der Waals surface area contributed by atoms with Gasteiger partial charge in [0.05, 0.1) is 0 Å². The Hall–Kier alpha value is -2.00. The number of rotatable bonds is 2. The molecule has 0 fully saturated rings. The maximum absolute atomic E-state index is 10.4. The molecule has 0 spiro atoms. The van der Waals surface area contributed by atoms with Crippen LogP contribution in [-0.4, -0.2) is 11.2 Å². The van der Waals surface area contributed by atoms with Gasteiger partial charge >= 0.3 is 6.09 Å². The van der Waals surface area contributed by atoms with Gasteiger partial charge in [-0.25, -0.2) is 4.79 Å². The Kier molecular flexibility index (Phi) is 3.30. The summed E-state index contributed by atoms with van der Waals surface area (Å²) < 4.78 is 0. The SMILES string of the molecule is O=C(O)Nc1ccc(-c2ccc(Cl)cc2)cc1. The number of hydrogen-bond acceptors (Lipinski definition) is 1. The molecule has 0 unspecified atom stereocenters. The van der Waals surface area contributed by atoms with E-state index in [4.69, 9.17) is 16.7 Å². The maximum Gasteiger partial charge on any atom is 0.409 e. The summed E-state index contributed by atoms with van der Waals surface area (Å²) in [6, 6.07) is 14.6. The van der Waals surface area contributed by atoms with Gasteiger partial charge in [0.15, 0.2) is 0 Å². The lowest BCUT2D eigenvalue weighted by Gasteiger charge is -2.04. The van der Waals surface area contributed by atoms with Gasteiger partial charge in [-0.1, -0.05) is 35.9 Å². The number of benzene rings is 2. The Morgan fingerprint density at radius 1 is 0.941 bits per heavy atom. The molecule has 0 aliphatic rings. The van der Waals surface area contributed by atoms with Crippen LogP contribution in [0.15, 0.2) is 48.5 Å². The van der Waals surface area contributed by atoms with Gasteiger partial charge in [-0.3, -0.25) is 5.32 Å². The molecule has 0 aliphatic heterocycles. The van der Waals surface area contributed by atoms with E-state index >= 15 is 0 Å². The fourth-order valence-corrected chi connectivity index (χ4v) is 1.64. The van der Waals surface area contributed by atoms with E-state index in [9.17, 15) is 4.79 Å². The van der Waals surface area contributed by atoms with Crippen molar-refractivity contribution in [2.45, 2.75) is 0 Å². The van der Waals surface area contributed by atoms with Gasteiger partial charge in [0, 0.05) is 10.7 Å². The molecule has 0 aromatic heterocycles. The second-order valence-corrected chi connectivity index (χ2v) is 3.95. The molecule has 2 N–H and O–H groups in total. The van der Waals surface area contributed by atoms with Crippen molar-refractivity contribution in [3.63, 3.8) is 0 Å². The molecule has 0 aliphatic carbocycles. The third kappa shape index (κ3) is 2.98. The van der Waals surface area contributed by atoms with Crippen molar-refractivity contribution in [1.29, 1.82) is 0 Å². The first kappa shape index (κ1) is 11.5. The number of carboxylic acid groups (broad SMARTS) is 1. The molecule has 0 saturated heterocycles. The van der Waals surface area contributed by atoms with Crippen LogP contribution in [0, 0.1) is 0 Å². The lowest BCUT2D eigenvalue weighted by molar-refractivity contribution is 0.210. The molecule has 0 bridgehead atoms. The highest BCUT2D eigenvalue weighted by atomic mass is 35.5. The van der Waals surface area contributed by atoms with Gasteiger partial charge < -0.3 is 5.11 Å². The summed E-state index contributed by atoms with van der Waals surface area (Å²) in [5.74, 6) is 0. The highest BCUT2D eigenvalue weighted by molar-refractivity contribution is 6.30. The second kappa shape index (κ2) is 4.89. The number of hydrogen-bond donors (Lipinski definition) is 2. The fourth-order valence-electron chi connectivity index (χ4n) is 1.51. The maximum atomic E-state index is 10.4. The number of nitrogens with one attached hydrogen (secondary N) is 1. The van der Waals surface area contributed by atoms with Crippen molar-refractivity contribution in [3.05, 3.63) is 53.6 Å². The molecular formula is C13H10ClNO2. The quantitative estimate of drug-likeness (QED) is 0.839. The summed E-state index contributed by atoms with van der Waals surface area (Å²) in [5, 5.41) is 11.5. The fraction of sp³-hybridized carbons (Fsp3) is 0. The van der Waals surface area contributed by atoms with E-state index in [0.29, 0.717) is 10.7 Å². The number of carbonyl (C=O) groups is 1. The van der Waals surface area contributed by atoms with E-state index in [2.05, 4.69) is 5.32 Å². The smallest absolute Gasteiger partial charge is 0.409 e. The normalized spacial score (nSPS) is 9.94. The van der Waals surface area contributed by atoms with E-state index in [0.717, 1.165) is 11.1 Å². The van der Waals surface area contributed by atoms with E-state index in [1.165, 1.54) is 0 Å². The van der Waals surface area contributed by atoms with E-state index in [1.807, 2.05) is 36.4 Å². The Morgan fingerprint density at radius 3 is 1.88 bits per heavy atom. The molecule has 0 radical (unpaired) electrons. The van der Waals surface area contributed by atoms with Gasteiger partial charge in [0.1, 0.15) is 0 Å². The largest absolute Gasteiger partial charge is 0.465 e. The molecule has 86 valence electrons. The van der Waals surface area contributed by atoms with Gasteiger partial charge in [-0.2, -0.15) is 0 Å². The zero-order chi connectivity index (χ0) is 12.3. The van der Waals surface area contributed by atoms with Gasteiger partial charge in [0.25, 0.3) is 0 Å². The minimum absolute atomic E-state index is 0.551. The average molecular weight is 248 g/mol. The van der Waals surface area contributed by atoms with E-state index < -0.39 is 6.09 Å². The summed E-state index contributed by atoms with van der Waals surface area (Å²) in [5.41, 5.74) is 2.60. The van der Waals surface area contributed by atoms with Crippen LogP contribution in [0.25, 0.3) is 11.1 Å². The summed E-state index contributed by atoms with van der Waals surface area (Å²) in [6.45, 7) is 0. The lowest BCUT2D eigenvalue weighted by Crippen LogP contribution is -2.06. The molecule has 0 heterocycles.